The number of carboxylic acid groups (broad SMARTS) is 1. The summed E-state index contributed by atoms with van der Waals surface area (Å²) >= 11 is 0. The van der Waals surface area contributed by atoms with Gasteiger partial charge in [-0.1, -0.05) is 18.2 Å². The third kappa shape index (κ3) is 3.63. The molecule has 0 amide bonds. The van der Waals surface area contributed by atoms with E-state index in [0.29, 0.717) is 17.9 Å². The highest BCUT2D eigenvalue weighted by Crippen LogP contribution is 2.27. The van der Waals surface area contributed by atoms with Crippen molar-refractivity contribution in [3.05, 3.63) is 47.7 Å². The van der Waals surface area contributed by atoms with Crippen molar-refractivity contribution in [2.24, 2.45) is 0 Å². The first kappa shape index (κ1) is 15.8. The van der Waals surface area contributed by atoms with Crippen molar-refractivity contribution in [2.45, 2.75) is 32.6 Å². The molecule has 3 rings (SSSR count). The van der Waals surface area contributed by atoms with E-state index in [0.717, 1.165) is 18.8 Å². The van der Waals surface area contributed by atoms with Crippen LogP contribution in [0.3, 0.4) is 0 Å². The Morgan fingerprint density at radius 3 is 2.57 bits per heavy atom. The minimum atomic E-state index is -0.950. The number of morpholine rings is 1. The van der Waals surface area contributed by atoms with Gasteiger partial charge in [0.2, 0.25) is 0 Å². The quantitative estimate of drug-likeness (QED) is 0.938. The molecule has 1 aromatic carbocycles. The van der Waals surface area contributed by atoms with Crippen molar-refractivity contribution in [3.63, 3.8) is 0 Å². The molecule has 2 aromatic rings. The average molecular weight is 315 g/mol. The van der Waals surface area contributed by atoms with Crippen molar-refractivity contribution in [2.75, 3.05) is 13.1 Å². The Balaban J connectivity index is 1.77. The topological polar surface area (TPSA) is 62.9 Å². The molecule has 0 saturated carbocycles. The molecule has 23 heavy (non-hydrogen) atoms. The Hall–Kier alpha value is -2.11. The number of furan rings is 1. The molecule has 1 aliphatic rings. The van der Waals surface area contributed by atoms with Gasteiger partial charge in [0.25, 0.3) is 0 Å². The summed E-state index contributed by atoms with van der Waals surface area (Å²) in [4.78, 5) is 13.6. The molecule has 122 valence electrons. The van der Waals surface area contributed by atoms with Gasteiger partial charge >= 0.3 is 5.97 Å². The molecular formula is C18H21NO4. The van der Waals surface area contributed by atoms with Crippen LogP contribution in [-0.2, 0) is 11.3 Å². The SMILES string of the molecule is C[C@@H]1CN(Cc2ccc(-c3ccccc3C(=O)O)o2)C[C@H](C)O1. The highest BCUT2D eigenvalue weighted by Gasteiger charge is 2.23. The van der Waals surface area contributed by atoms with Crippen molar-refractivity contribution in [3.8, 4) is 11.3 Å². The van der Waals surface area contributed by atoms with Gasteiger partial charge in [0.05, 0.1) is 24.3 Å². The summed E-state index contributed by atoms with van der Waals surface area (Å²) in [6.07, 6.45) is 0.418. The summed E-state index contributed by atoms with van der Waals surface area (Å²) in [6.45, 7) is 6.57. The predicted molar refractivity (Wildman–Crippen MR) is 86.4 cm³/mol. The number of rotatable bonds is 4. The second-order valence-corrected chi connectivity index (χ2v) is 6.07. The molecule has 1 aliphatic heterocycles. The normalized spacial score (nSPS) is 22.2. The fourth-order valence-corrected chi connectivity index (χ4v) is 3.13. The van der Waals surface area contributed by atoms with Crippen LogP contribution in [0.4, 0.5) is 0 Å². The van der Waals surface area contributed by atoms with E-state index >= 15 is 0 Å². The van der Waals surface area contributed by atoms with Crippen LogP contribution < -0.4 is 0 Å². The molecular weight excluding hydrogens is 294 g/mol. The van der Waals surface area contributed by atoms with Gasteiger partial charge in [-0.3, -0.25) is 4.90 Å². The van der Waals surface area contributed by atoms with Gasteiger partial charge in [-0.05, 0) is 32.0 Å². The Morgan fingerprint density at radius 2 is 1.87 bits per heavy atom. The molecule has 1 saturated heterocycles. The second-order valence-electron chi connectivity index (χ2n) is 6.07. The number of hydrogen-bond acceptors (Lipinski definition) is 4. The third-order valence-electron chi connectivity index (χ3n) is 3.96. The summed E-state index contributed by atoms with van der Waals surface area (Å²) in [5.41, 5.74) is 0.858. The van der Waals surface area contributed by atoms with Gasteiger partial charge in [0.15, 0.2) is 0 Å². The van der Waals surface area contributed by atoms with Crippen molar-refractivity contribution >= 4 is 5.97 Å². The van der Waals surface area contributed by atoms with Crippen LogP contribution in [0, 0.1) is 0 Å². The smallest absolute Gasteiger partial charge is 0.336 e. The predicted octanol–water partition coefficient (Wildman–Crippen LogP) is 3.25. The molecule has 0 aliphatic carbocycles. The monoisotopic (exact) mass is 315 g/mol. The average Bonchev–Trinajstić information content (AvgIpc) is 2.94. The Labute approximate surface area is 135 Å². The highest BCUT2D eigenvalue weighted by molar-refractivity contribution is 5.95. The number of aromatic carboxylic acids is 1. The minimum Gasteiger partial charge on any atom is -0.478 e. The largest absolute Gasteiger partial charge is 0.478 e. The lowest BCUT2D eigenvalue weighted by molar-refractivity contribution is -0.0718. The van der Waals surface area contributed by atoms with E-state index < -0.39 is 5.97 Å². The van der Waals surface area contributed by atoms with Gasteiger partial charge in [-0.2, -0.15) is 0 Å². The summed E-state index contributed by atoms with van der Waals surface area (Å²) < 4.78 is 11.6. The van der Waals surface area contributed by atoms with Crippen LogP contribution in [-0.4, -0.2) is 41.3 Å². The van der Waals surface area contributed by atoms with Crippen LogP contribution in [0.1, 0.15) is 30.0 Å². The molecule has 1 aromatic heterocycles. The van der Waals surface area contributed by atoms with E-state index in [1.807, 2.05) is 18.2 Å². The van der Waals surface area contributed by atoms with Crippen LogP contribution in [0.15, 0.2) is 40.8 Å². The molecule has 5 heteroatoms. The maximum Gasteiger partial charge on any atom is 0.336 e. The molecule has 2 heterocycles. The van der Waals surface area contributed by atoms with E-state index in [2.05, 4.69) is 18.7 Å². The van der Waals surface area contributed by atoms with Crippen molar-refractivity contribution in [1.29, 1.82) is 0 Å². The number of benzene rings is 1. The molecule has 5 nitrogen and oxygen atoms in total. The van der Waals surface area contributed by atoms with Crippen LogP contribution in [0.2, 0.25) is 0 Å². The van der Waals surface area contributed by atoms with Gasteiger partial charge in [0, 0.05) is 18.7 Å². The van der Waals surface area contributed by atoms with Crippen LogP contribution in [0.25, 0.3) is 11.3 Å². The summed E-state index contributed by atoms with van der Waals surface area (Å²) in [6, 6.07) is 10.6. The lowest BCUT2D eigenvalue weighted by Gasteiger charge is -2.34. The Morgan fingerprint density at radius 1 is 1.17 bits per heavy atom. The van der Waals surface area contributed by atoms with Gasteiger partial charge < -0.3 is 14.3 Å². The fourth-order valence-electron chi connectivity index (χ4n) is 3.13. The van der Waals surface area contributed by atoms with Crippen molar-refractivity contribution < 1.29 is 19.1 Å². The first-order valence-electron chi connectivity index (χ1n) is 7.82. The third-order valence-corrected chi connectivity index (χ3v) is 3.96. The Bertz CT molecular complexity index is 684. The molecule has 1 N–H and O–H groups in total. The van der Waals surface area contributed by atoms with E-state index in [9.17, 15) is 9.90 Å². The van der Waals surface area contributed by atoms with E-state index in [4.69, 9.17) is 9.15 Å². The number of hydrogen-bond donors (Lipinski definition) is 1. The van der Waals surface area contributed by atoms with E-state index in [-0.39, 0.29) is 17.8 Å². The zero-order valence-electron chi connectivity index (χ0n) is 13.4. The lowest BCUT2D eigenvalue weighted by atomic mass is 10.1. The molecule has 1 fully saturated rings. The molecule has 0 bridgehead atoms. The van der Waals surface area contributed by atoms with Crippen molar-refractivity contribution in [1.82, 2.24) is 4.90 Å². The second kappa shape index (κ2) is 6.56. The zero-order valence-corrected chi connectivity index (χ0v) is 13.4. The maximum atomic E-state index is 11.3. The van der Waals surface area contributed by atoms with E-state index in [1.54, 1.807) is 18.2 Å². The van der Waals surface area contributed by atoms with Gasteiger partial charge in [-0.15, -0.1) is 0 Å². The summed E-state index contributed by atoms with van der Waals surface area (Å²) in [5, 5.41) is 9.29. The maximum absolute atomic E-state index is 11.3. The standard InChI is InChI=1S/C18H21NO4/c1-12-9-19(10-13(2)22-12)11-14-7-8-17(23-14)15-5-3-4-6-16(15)18(20)21/h3-8,12-13H,9-11H2,1-2H3,(H,20,21)/t12-,13+. The van der Waals surface area contributed by atoms with Gasteiger partial charge in [-0.25, -0.2) is 4.79 Å². The zero-order chi connectivity index (χ0) is 16.4. The lowest BCUT2D eigenvalue weighted by Crippen LogP contribution is -2.44. The molecule has 0 radical (unpaired) electrons. The molecule has 2 atom stereocenters. The van der Waals surface area contributed by atoms with Gasteiger partial charge in [0.1, 0.15) is 11.5 Å². The fraction of sp³-hybridized carbons (Fsp3) is 0.389. The van der Waals surface area contributed by atoms with Crippen LogP contribution in [0.5, 0.6) is 0 Å². The number of carboxylic acids is 1. The highest BCUT2D eigenvalue weighted by atomic mass is 16.5. The number of carbonyl (C=O) groups is 1. The Kier molecular flexibility index (Phi) is 4.50. The summed E-state index contributed by atoms with van der Waals surface area (Å²) in [5.74, 6) is 0.475. The first-order valence-corrected chi connectivity index (χ1v) is 7.82. The summed E-state index contributed by atoms with van der Waals surface area (Å²) in [7, 11) is 0. The van der Waals surface area contributed by atoms with Crippen LogP contribution >= 0.6 is 0 Å². The number of ether oxygens (including phenoxy) is 1. The first-order chi connectivity index (χ1) is 11.0. The molecule has 0 spiro atoms. The number of nitrogens with zero attached hydrogens (tertiary/aromatic N) is 1. The van der Waals surface area contributed by atoms with E-state index in [1.165, 1.54) is 0 Å². The molecule has 0 unspecified atom stereocenters. The minimum absolute atomic E-state index is 0.209.